The summed E-state index contributed by atoms with van der Waals surface area (Å²) < 4.78 is 0. The first-order valence-corrected chi connectivity index (χ1v) is 8.44. The van der Waals surface area contributed by atoms with Crippen molar-refractivity contribution in [3.63, 3.8) is 0 Å². The molecule has 1 atom stereocenters. The molecule has 1 fully saturated rings. The summed E-state index contributed by atoms with van der Waals surface area (Å²) in [4.78, 5) is 27.8. The zero-order valence-electron chi connectivity index (χ0n) is 10.8. The van der Waals surface area contributed by atoms with Crippen molar-refractivity contribution in [1.29, 1.82) is 0 Å². The Morgan fingerprint density at radius 3 is 3.05 bits per heavy atom. The quantitative estimate of drug-likeness (QED) is 0.929. The van der Waals surface area contributed by atoms with E-state index in [1.807, 2.05) is 18.2 Å². The molecule has 0 bridgehead atoms. The summed E-state index contributed by atoms with van der Waals surface area (Å²) >= 11 is 2.75. The highest BCUT2D eigenvalue weighted by Gasteiger charge is 2.26. The lowest BCUT2D eigenvalue weighted by molar-refractivity contribution is -0.122. The number of benzene rings is 1. The van der Waals surface area contributed by atoms with Gasteiger partial charge in [-0.05, 0) is 18.1 Å². The Kier molecular flexibility index (Phi) is 4.12. The predicted octanol–water partition coefficient (Wildman–Crippen LogP) is 2.15. The van der Waals surface area contributed by atoms with Gasteiger partial charge in [0.2, 0.25) is 11.0 Å². The molecule has 0 aromatic heterocycles. The molecular formula is C14H14N2O2S2. The van der Waals surface area contributed by atoms with Crippen LogP contribution in [0, 0.1) is 0 Å². The van der Waals surface area contributed by atoms with Gasteiger partial charge in [0.25, 0.3) is 0 Å². The van der Waals surface area contributed by atoms with Gasteiger partial charge in [0, 0.05) is 12.2 Å². The number of amides is 1. The largest absolute Gasteiger partial charge is 0.345 e. The number of carbonyl (C=O) groups is 2. The lowest BCUT2D eigenvalue weighted by Crippen LogP contribution is -2.38. The maximum absolute atomic E-state index is 11.8. The number of carbonyl (C=O) groups excluding carboxylic acids is 2. The number of para-hydroxylation sites is 1. The standard InChI is InChI=1S/C14H14N2O2S2/c17-12(15-11-5-6-19-14(11)18)8-20-13-7-9-3-1-2-4-10(9)16-13/h1-4,11H,5-8H2,(H,15,17)/t11-/m0/s1. The highest BCUT2D eigenvalue weighted by atomic mass is 32.2. The van der Waals surface area contributed by atoms with Crippen LogP contribution >= 0.6 is 23.5 Å². The van der Waals surface area contributed by atoms with Crippen LogP contribution in [0.3, 0.4) is 0 Å². The number of rotatable bonds is 3. The SMILES string of the molecule is O=C(CSC1=Nc2ccccc2C1)N[C@H]1CCSC1=O. The molecular weight excluding hydrogens is 292 g/mol. The average molecular weight is 306 g/mol. The van der Waals surface area contributed by atoms with Gasteiger partial charge >= 0.3 is 0 Å². The molecule has 6 heteroatoms. The summed E-state index contributed by atoms with van der Waals surface area (Å²) in [5, 5.41) is 3.83. The zero-order chi connectivity index (χ0) is 13.9. The van der Waals surface area contributed by atoms with Crippen LogP contribution in [0.5, 0.6) is 0 Å². The highest BCUT2D eigenvalue weighted by molar-refractivity contribution is 8.14. The van der Waals surface area contributed by atoms with E-state index in [2.05, 4.69) is 16.4 Å². The minimum atomic E-state index is -0.296. The number of thioether (sulfide) groups is 2. The maximum atomic E-state index is 11.8. The number of nitrogens with zero attached hydrogens (tertiary/aromatic N) is 1. The van der Waals surface area contributed by atoms with Crippen LogP contribution in [0.2, 0.25) is 0 Å². The molecule has 0 unspecified atom stereocenters. The summed E-state index contributed by atoms with van der Waals surface area (Å²) in [5.41, 5.74) is 2.20. The van der Waals surface area contributed by atoms with E-state index in [-0.39, 0.29) is 17.1 Å². The van der Waals surface area contributed by atoms with Crippen LogP contribution < -0.4 is 5.32 Å². The third-order valence-corrected chi connectivity index (χ3v) is 5.20. The summed E-state index contributed by atoms with van der Waals surface area (Å²) in [6.07, 6.45) is 1.54. The fourth-order valence-electron chi connectivity index (χ4n) is 2.20. The minimum Gasteiger partial charge on any atom is -0.345 e. The normalized spacial score (nSPS) is 20.7. The minimum absolute atomic E-state index is 0.0777. The van der Waals surface area contributed by atoms with Gasteiger partial charge in [-0.3, -0.25) is 9.59 Å². The summed E-state index contributed by atoms with van der Waals surface area (Å²) in [6, 6.07) is 7.71. The molecule has 0 spiro atoms. The first-order chi connectivity index (χ1) is 9.72. The van der Waals surface area contributed by atoms with E-state index in [1.165, 1.54) is 29.1 Å². The Morgan fingerprint density at radius 1 is 1.45 bits per heavy atom. The molecule has 1 saturated heterocycles. The number of hydrogen-bond acceptors (Lipinski definition) is 5. The van der Waals surface area contributed by atoms with Crippen LogP contribution in [0.25, 0.3) is 0 Å². The molecule has 0 aliphatic carbocycles. The van der Waals surface area contributed by atoms with Gasteiger partial charge in [0.05, 0.1) is 22.5 Å². The van der Waals surface area contributed by atoms with Gasteiger partial charge < -0.3 is 5.32 Å². The molecule has 3 rings (SSSR count). The molecule has 2 aliphatic rings. The highest BCUT2D eigenvalue weighted by Crippen LogP contribution is 2.29. The maximum Gasteiger partial charge on any atom is 0.231 e. The van der Waals surface area contributed by atoms with Gasteiger partial charge in [-0.15, -0.1) is 11.8 Å². The molecule has 0 saturated carbocycles. The van der Waals surface area contributed by atoms with Crippen molar-refractivity contribution in [3.05, 3.63) is 29.8 Å². The van der Waals surface area contributed by atoms with Crippen LogP contribution in [0.15, 0.2) is 29.3 Å². The molecule has 0 radical (unpaired) electrons. The van der Waals surface area contributed by atoms with Gasteiger partial charge in [-0.1, -0.05) is 30.0 Å². The van der Waals surface area contributed by atoms with E-state index in [4.69, 9.17) is 0 Å². The van der Waals surface area contributed by atoms with Gasteiger partial charge in [0.15, 0.2) is 0 Å². The third kappa shape index (κ3) is 3.07. The van der Waals surface area contributed by atoms with Crippen molar-refractivity contribution in [2.24, 2.45) is 4.99 Å². The molecule has 104 valence electrons. The molecule has 1 aromatic carbocycles. The second-order valence-corrected chi connectivity index (χ2v) is 6.82. The van der Waals surface area contributed by atoms with Crippen molar-refractivity contribution in [2.45, 2.75) is 18.9 Å². The average Bonchev–Trinajstić information content (AvgIpc) is 3.03. The zero-order valence-corrected chi connectivity index (χ0v) is 12.4. The molecule has 2 aliphatic heterocycles. The Hall–Kier alpha value is -1.27. The number of fused-ring (bicyclic) bond motifs is 1. The van der Waals surface area contributed by atoms with E-state index in [0.29, 0.717) is 5.75 Å². The van der Waals surface area contributed by atoms with Crippen molar-refractivity contribution in [1.82, 2.24) is 5.32 Å². The number of hydrogen-bond donors (Lipinski definition) is 1. The Labute approximate surface area is 125 Å². The van der Waals surface area contributed by atoms with E-state index < -0.39 is 0 Å². The number of aliphatic imine (C=N–C) groups is 1. The molecule has 4 nitrogen and oxygen atoms in total. The van der Waals surface area contributed by atoms with Crippen LogP contribution in [-0.4, -0.2) is 33.6 Å². The smallest absolute Gasteiger partial charge is 0.231 e. The van der Waals surface area contributed by atoms with E-state index >= 15 is 0 Å². The van der Waals surface area contributed by atoms with Crippen molar-refractivity contribution in [3.8, 4) is 0 Å². The topological polar surface area (TPSA) is 58.5 Å². The monoisotopic (exact) mass is 306 g/mol. The van der Waals surface area contributed by atoms with Gasteiger partial charge in [0.1, 0.15) is 0 Å². The summed E-state index contributed by atoms with van der Waals surface area (Å²) in [6.45, 7) is 0. The van der Waals surface area contributed by atoms with Crippen molar-refractivity contribution in [2.75, 3.05) is 11.5 Å². The predicted molar refractivity (Wildman–Crippen MR) is 83.7 cm³/mol. The van der Waals surface area contributed by atoms with Crippen molar-refractivity contribution < 1.29 is 9.59 Å². The Bertz CT molecular complexity index is 586. The van der Waals surface area contributed by atoms with Crippen LogP contribution in [0.1, 0.15) is 12.0 Å². The van der Waals surface area contributed by atoms with Gasteiger partial charge in [-0.2, -0.15) is 0 Å². The third-order valence-electron chi connectivity index (χ3n) is 3.22. The fourth-order valence-corrected chi connectivity index (χ4v) is 3.94. The molecule has 1 amide bonds. The second kappa shape index (κ2) is 6.01. The molecule has 1 aromatic rings. The van der Waals surface area contributed by atoms with Crippen LogP contribution in [-0.2, 0) is 16.0 Å². The molecule has 20 heavy (non-hydrogen) atoms. The summed E-state index contributed by atoms with van der Waals surface area (Å²) in [5.74, 6) is 1.04. The lowest BCUT2D eigenvalue weighted by atomic mass is 10.2. The van der Waals surface area contributed by atoms with Gasteiger partial charge in [-0.25, -0.2) is 4.99 Å². The Morgan fingerprint density at radius 2 is 2.30 bits per heavy atom. The summed E-state index contributed by atoms with van der Waals surface area (Å²) in [7, 11) is 0. The molecule has 1 N–H and O–H groups in total. The van der Waals surface area contributed by atoms with Crippen molar-refractivity contribution >= 4 is 45.3 Å². The lowest BCUT2D eigenvalue weighted by Gasteiger charge is -2.09. The van der Waals surface area contributed by atoms with E-state index in [9.17, 15) is 9.59 Å². The van der Waals surface area contributed by atoms with E-state index in [1.54, 1.807) is 0 Å². The first-order valence-electron chi connectivity index (χ1n) is 6.46. The van der Waals surface area contributed by atoms with E-state index in [0.717, 1.165) is 29.3 Å². The second-order valence-electron chi connectivity index (χ2n) is 4.68. The fraction of sp³-hybridized carbons (Fsp3) is 0.357. The first kappa shape index (κ1) is 13.7. The van der Waals surface area contributed by atoms with Crippen LogP contribution in [0.4, 0.5) is 5.69 Å². The molecule has 2 heterocycles. The Balaban J connectivity index is 1.49. The number of nitrogens with one attached hydrogen (secondary N) is 1.